The van der Waals surface area contributed by atoms with E-state index in [9.17, 15) is 13.5 Å². The molecule has 30 heavy (non-hydrogen) atoms. The maximum Gasteiger partial charge on any atom is 0.211 e. The van der Waals surface area contributed by atoms with Crippen LogP contribution in [0.2, 0.25) is 0 Å². The number of methoxy groups -OCH3 is 1. The molecule has 1 heterocycles. The van der Waals surface area contributed by atoms with Crippen LogP contribution in [-0.2, 0) is 21.3 Å². The van der Waals surface area contributed by atoms with Crippen molar-refractivity contribution in [1.29, 1.82) is 0 Å². The van der Waals surface area contributed by atoms with Gasteiger partial charge in [-0.15, -0.1) is 0 Å². The summed E-state index contributed by atoms with van der Waals surface area (Å²) in [7, 11) is -1.77. The van der Waals surface area contributed by atoms with Gasteiger partial charge in [0.05, 0.1) is 25.0 Å². The van der Waals surface area contributed by atoms with Crippen molar-refractivity contribution in [3.05, 3.63) is 48.5 Å². The van der Waals surface area contributed by atoms with Crippen molar-refractivity contribution in [3.8, 4) is 0 Å². The molecule has 2 aromatic carbocycles. The quantitative estimate of drug-likeness (QED) is 0.624. The van der Waals surface area contributed by atoms with Gasteiger partial charge in [-0.25, -0.2) is 8.42 Å². The maximum absolute atomic E-state index is 12.6. The zero-order valence-electron chi connectivity index (χ0n) is 17.6. The highest BCUT2D eigenvalue weighted by Gasteiger charge is 2.33. The van der Waals surface area contributed by atoms with Crippen LogP contribution >= 0.6 is 0 Å². The van der Waals surface area contributed by atoms with Gasteiger partial charge in [-0.2, -0.15) is 4.31 Å². The van der Waals surface area contributed by atoms with Crippen molar-refractivity contribution in [1.82, 2.24) is 8.87 Å². The summed E-state index contributed by atoms with van der Waals surface area (Å²) in [4.78, 5) is 0. The number of aliphatic hydroxyl groups is 1. The van der Waals surface area contributed by atoms with E-state index < -0.39 is 16.1 Å². The molecule has 1 aliphatic rings. The fourth-order valence-corrected chi connectivity index (χ4v) is 6.00. The lowest BCUT2D eigenvalue weighted by Crippen LogP contribution is -2.47. The molecule has 1 N–H and O–H groups in total. The van der Waals surface area contributed by atoms with E-state index in [1.165, 1.54) is 10.6 Å². The van der Waals surface area contributed by atoms with Crippen LogP contribution in [0.15, 0.2) is 48.5 Å². The van der Waals surface area contributed by atoms with Crippen molar-refractivity contribution < 1.29 is 18.3 Å². The van der Waals surface area contributed by atoms with Gasteiger partial charge in [0.1, 0.15) is 0 Å². The molecule has 0 radical (unpaired) electrons. The van der Waals surface area contributed by atoms with Crippen molar-refractivity contribution in [3.63, 3.8) is 0 Å². The van der Waals surface area contributed by atoms with E-state index >= 15 is 0 Å². The Kier molecular flexibility index (Phi) is 6.16. The number of sulfonamides is 1. The van der Waals surface area contributed by atoms with Crippen LogP contribution in [0.3, 0.4) is 0 Å². The van der Waals surface area contributed by atoms with Crippen LogP contribution in [0.5, 0.6) is 0 Å². The summed E-state index contributed by atoms with van der Waals surface area (Å²) in [6.07, 6.45) is 3.84. The normalized spacial score (nSPS) is 21.5. The molecular formula is C23H30N2O4S. The van der Waals surface area contributed by atoms with Gasteiger partial charge in [0, 0.05) is 41.5 Å². The zero-order chi connectivity index (χ0) is 21.3. The number of nitrogens with zero attached hydrogens (tertiary/aromatic N) is 2. The first-order valence-corrected chi connectivity index (χ1v) is 12.4. The summed E-state index contributed by atoms with van der Waals surface area (Å²) in [5, 5.41) is 13.2. The van der Waals surface area contributed by atoms with Crippen molar-refractivity contribution in [2.75, 3.05) is 19.9 Å². The van der Waals surface area contributed by atoms with Crippen LogP contribution in [0.25, 0.3) is 21.8 Å². The molecule has 3 aromatic rings. The summed E-state index contributed by atoms with van der Waals surface area (Å²) in [6, 6.07) is 16.1. The highest BCUT2D eigenvalue weighted by molar-refractivity contribution is 7.88. The van der Waals surface area contributed by atoms with E-state index in [2.05, 4.69) is 16.7 Å². The first-order valence-electron chi connectivity index (χ1n) is 10.5. The minimum atomic E-state index is -3.45. The third kappa shape index (κ3) is 4.25. The Balaban J connectivity index is 1.60. The molecule has 3 unspecified atom stereocenters. The van der Waals surface area contributed by atoms with E-state index in [-0.39, 0.29) is 18.7 Å². The SMILES string of the molecule is COC1CCCC(N(CC(O)Cn2c3ccccc3c3ccccc32)S(C)(=O)=O)C1. The Morgan fingerprint density at radius 2 is 1.70 bits per heavy atom. The average Bonchev–Trinajstić information content (AvgIpc) is 3.05. The third-order valence-electron chi connectivity index (χ3n) is 6.23. The molecule has 0 amide bonds. The molecule has 0 spiro atoms. The predicted molar refractivity (Wildman–Crippen MR) is 120 cm³/mol. The molecule has 3 atom stereocenters. The fraction of sp³-hybridized carbons (Fsp3) is 0.478. The zero-order valence-corrected chi connectivity index (χ0v) is 18.4. The van der Waals surface area contributed by atoms with E-state index in [4.69, 9.17) is 4.74 Å². The minimum Gasteiger partial charge on any atom is -0.390 e. The maximum atomic E-state index is 12.6. The number of ether oxygens (including phenoxy) is 1. The van der Waals surface area contributed by atoms with E-state index in [0.717, 1.165) is 41.1 Å². The van der Waals surface area contributed by atoms with Crippen molar-refractivity contribution in [2.45, 2.75) is 50.5 Å². The molecule has 1 fully saturated rings. The lowest BCUT2D eigenvalue weighted by molar-refractivity contribution is 0.0359. The molecule has 0 bridgehead atoms. The molecule has 4 rings (SSSR count). The van der Waals surface area contributed by atoms with Crippen molar-refractivity contribution in [2.24, 2.45) is 0 Å². The summed E-state index contributed by atoms with van der Waals surface area (Å²) < 4.78 is 34.2. The number of fused-ring (bicyclic) bond motifs is 3. The van der Waals surface area contributed by atoms with E-state index in [1.54, 1.807) is 7.11 Å². The lowest BCUT2D eigenvalue weighted by atomic mass is 9.92. The standard InChI is InChI=1S/C23H30N2O4S/c1-29-19-9-7-8-17(14-19)25(30(2,27)28)16-18(26)15-24-22-12-5-3-10-20(22)21-11-4-6-13-23(21)24/h3-6,10-13,17-19,26H,7-9,14-16H2,1-2H3. The topological polar surface area (TPSA) is 71.8 Å². The van der Waals surface area contributed by atoms with Crippen LogP contribution in [0, 0.1) is 0 Å². The number of hydrogen-bond acceptors (Lipinski definition) is 4. The summed E-state index contributed by atoms with van der Waals surface area (Å²) in [5.74, 6) is 0. The Labute approximate surface area is 178 Å². The number of hydrogen-bond donors (Lipinski definition) is 1. The highest BCUT2D eigenvalue weighted by atomic mass is 32.2. The molecule has 0 aliphatic heterocycles. The lowest BCUT2D eigenvalue weighted by Gasteiger charge is -2.36. The van der Waals surface area contributed by atoms with Crippen molar-refractivity contribution >= 4 is 31.8 Å². The molecular weight excluding hydrogens is 400 g/mol. The van der Waals surface area contributed by atoms with Gasteiger partial charge in [-0.05, 0) is 37.8 Å². The second-order valence-corrected chi connectivity index (χ2v) is 10.2. The van der Waals surface area contributed by atoms with Gasteiger partial charge < -0.3 is 14.4 Å². The van der Waals surface area contributed by atoms with Crippen LogP contribution < -0.4 is 0 Å². The molecule has 6 nitrogen and oxygen atoms in total. The van der Waals surface area contributed by atoms with Gasteiger partial charge in [-0.3, -0.25) is 0 Å². The second kappa shape index (κ2) is 8.67. The number of rotatable bonds is 7. The van der Waals surface area contributed by atoms with Gasteiger partial charge in [0.2, 0.25) is 10.0 Å². The Bertz CT molecular complexity index is 1070. The fourth-order valence-electron chi connectivity index (χ4n) is 4.83. The van der Waals surface area contributed by atoms with Gasteiger partial charge in [0.25, 0.3) is 0 Å². The van der Waals surface area contributed by atoms with Crippen LogP contribution in [0.1, 0.15) is 25.7 Å². The predicted octanol–water partition coefficient (Wildman–Crippen LogP) is 3.37. The first-order chi connectivity index (χ1) is 14.4. The summed E-state index contributed by atoms with van der Waals surface area (Å²) in [6.45, 7) is 0.418. The number of aliphatic hydroxyl groups excluding tert-OH is 1. The Morgan fingerprint density at radius 1 is 1.10 bits per heavy atom. The van der Waals surface area contributed by atoms with E-state index in [0.29, 0.717) is 13.0 Å². The smallest absolute Gasteiger partial charge is 0.211 e. The average molecular weight is 431 g/mol. The minimum absolute atomic E-state index is 0.0717. The second-order valence-electron chi connectivity index (χ2n) is 8.31. The molecule has 1 aromatic heterocycles. The monoisotopic (exact) mass is 430 g/mol. The largest absolute Gasteiger partial charge is 0.390 e. The summed E-state index contributed by atoms with van der Waals surface area (Å²) in [5.41, 5.74) is 2.08. The molecule has 0 saturated heterocycles. The molecule has 1 aliphatic carbocycles. The number of aromatic nitrogens is 1. The van der Waals surface area contributed by atoms with Gasteiger partial charge in [-0.1, -0.05) is 36.4 Å². The molecule has 7 heteroatoms. The first kappa shape index (κ1) is 21.3. The summed E-state index contributed by atoms with van der Waals surface area (Å²) >= 11 is 0. The van der Waals surface area contributed by atoms with E-state index in [1.807, 2.05) is 36.4 Å². The molecule has 1 saturated carbocycles. The Morgan fingerprint density at radius 3 is 2.27 bits per heavy atom. The highest BCUT2D eigenvalue weighted by Crippen LogP contribution is 2.30. The van der Waals surface area contributed by atoms with Crippen LogP contribution in [-0.4, -0.2) is 60.6 Å². The molecule has 162 valence electrons. The Hall–Kier alpha value is -1.93. The number of benzene rings is 2. The van der Waals surface area contributed by atoms with Crippen LogP contribution in [0.4, 0.5) is 0 Å². The van der Waals surface area contributed by atoms with Gasteiger partial charge >= 0.3 is 0 Å². The number of para-hydroxylation sites is 2. The van der Waals surface area contributed by atoms with Gasteiger partial charge in [0.15, 0.2) is 0 Å². The third-order valence-corrected chi connectivity index (χ3v) is 7.53.